The summed E-state index contributed by atoms with van der Waals surface area (Å²) in [6.07, 6.45) is 2.79. The van der Waals surface area contributed by atoms with Crippen LogP contribution in [0.4, 0.5) is 0 Å². The zero-order valence-electron chi connectivity index (χ0n) is 10.3. The van der Waals surface area contributed by atoms with Crippen molar-refractivity contribution in [3.63, 3.8) is 0 Å². The van der Waals surface area contributed by atoms with E-state index >= 15 is 0 Å². The van der Waals surface area contributed by atoms with Gasteiger partial charge in [0.1, 0.15) is 0 Å². The van der Waals surface area contributed by atoms with Crippen LogP contribution < -0.4 is 0 Å². The molecule has 1 nitrogen and oxygen atoms in total. The molecule has 1 saturated heterocycles. The first-order valence-corrected chi connectivity index (χ1v) is 5.87. The highest BCUT2D eigenvalue weighted by molar-refractivity contribution is 4.82. The second-order valence-electron chi connectivity index (χ2n) is 4.37. The zero-order chi connectivity index (χ0) is 10.4. The Kier molecular flexibility index (Phi) is 6.40. The summed E-state index contributed by atoms with van der Waals surface area (Å²) in [6, 6.07) is 1.65. The summed E-state index contributed by atoms with van der Waals surface area (Å²) in [7, 11) is 0. The SMILES string of the molecule is CC.CC(C)CN1C(C)CCC1C. The summed E-state index contributed by atoms with van der Waals surface area (Å²) in [6.45, 7) is 14.6. The summed E-state index contributed by atoms with van der Waals surface area (Å²) < 4.78 is 0. The van der Waals surface area contributed by atoms with Crippen molar-refractivity contribution in [2.45, 2.75) is 66.5 Å². The Morgan fingerprint density at radius 1 is 1.08 bits per heavy atom. The largest absolute Gasteiger partial charge is 0.298 e. The van der Waals surface area contributed by atoms with Crippen LogP contribution in [-0.2, 0) is 0 Å². The number of hydrogen-bond acceptors (Lipinski definition) is 1. The molecule has 0 aromatic rings. The third-order valence-electron chi connectivity index (χ3n) is 2.71. The lowest BCUT2D eigenvalue weighted by Crippen LogP contribution is -2.35. The van der Waals surface area contributed by atoms with Gasteiger partial charge in [-0.1, -0.05) is 27.7 Å². The maximum absolute atomic E-state index is 2.64. The number of likely N-dealkylation sites (tertiary alicyclic amines) is 1. The molecule has 80 valence electrons. The second kappa shape index (κ2) is 6.42. The fourth-order valence-corrected chi connectivity index (χ4v) is 2.03. The lowest BCUT2D eigenvalue weighted by atomic mass is 10.2. The highest BCUT2D eigenvalue weighted by Gasteiger charge is 2.26. The molecule has 0 radical (unpaired) electrons. The van der Waals surface area contributed by atoms with Gasteiger partial charge in [-0.05, 0) is 32.6 Å². The van der Waals surface area contributed by atoms with E-state index in [4.69, 9.17) is 0 Å². The van der Waals surface area contributed by atoms with E-state index in [-0.39, 0.29) is 0 Å². The zero-order valence-corrected chi connectivity index (χ0v) is 10.3. The highest BCUT2D eigenvalue weighted by Crippen LogP contribution is 2.23. The molecule has 1 aliphatic heterocycles. The van der Waals surface area contributed by atoms with Crippen LogP contribution in [0.5, 0.6) is 0 Å². The van der Waals surface area contributed by atoms with E-state index in [9.17, 15) is 0 Å². The van der Waals surface area contributed by atoms with Crippen LogP contribution in [0.1, 0.15) is 54.4 Å². The molecule has 1 heterocycles. The second-order valence-corrected chi connectivity index (χ2v) is 4.37. The quantitative estimate of drug-likeness (QED) is 0.636. The van der Waals surface area contributed by atoms with E-state index in [1.807, 2.05) is 13.8 Å². The number of hydrogen-bond donors (Lipinski definition) is 0. The summed E-state index contributed by atoms with van der Waals surface area (Å²) in [5.74, 6) is 0.818. The van der Waals surface area contributed by atoms with Crippen LogP contribution >= 0.6 is 0 Å². The lowest BCUT2D eigenvalue weighted by Gasteiger charge is -2.27. The van der Waals surface area contributed by atoms with Gasteiger partial charge in [0.25, 0.3) is 0 Å². The van der Waals surface area contributed by atoms with Gasteiger partial charge in [0.2, 0.25) is 0 Å². The average Bonchev–Trinajstić information content (AvgIpc) is 2.39. The normalized spacial score (nSPS) is 28.8. The van der Waals surface area contributed by atoms with Crippen LogP contribution in [0, 0.1) is 5.92 Å². The molecular formula is C12H27N. The van der Waals surface area contributed by atoms with Gasteiger partial charge in [-0.3, -0.25) is 4.90 Å². The maximum atomic E-state index is 2.64. The molecule has 2 unspecified atom stereocenters. The summed E-state index contributed by atoms with van der Waals surface area (Å²) in [5, 5.41) is 0. The van der Waals surface area contributed by atoms with Crippen LogP contribution in [-0.4, -0.2) is 23.5 Å². The van der Waals surface area contributed by atoms with Crippen molar-refractivity contribution in [2.24, 2.45) is 5.92 Å². The Balaban J connectivity index is 0.000000671. The fourth-order valence-electron chi connectivity index (χ4n) is 2.03. The summed E-state index contributed by atoms with van der Waals surface area (Å²) in [5.41, 5.74) is 0. The molecule has 0 amide bonds. The number of rotatable bonds is 2. The van der Waals surface area contributed by atoms with Gasteiger partial charge in [0.15, 0.2) is 0 Å². The molecule has 0 spiro atoms. The van der Waals surface area contributed by atoms with Gasteiger partial charge < -0.3 is 0 Å². The Morgan fingerprint density at radius 3 is 1.77 bits per heavy atom. The maximum Gasteiger partial charge on any atom is 0.00704 e. The first-order valence-electron chi connectivity index (χ1n) is 5.87. The van der Waals surface area contributed by atoms with Gasteiger partial charge in [0, 0.05) is 18.6 Å². The van der Waals surface area contributed by atoms with Crippen LogP contribution in [0.2, 0.25) is 0 Å². The Hall–Kier alpha value is -0.0400. The lowest BCUT2D eigenvalue weighted by molar-refractivity contribution is 0.190. The molecule has 0 N–H and O–H groups in total. The smallest absolute Gasteiger partial charge is 0.00704 e. The van der Waals surface area contributed by atoms with Crippen molar-refractivity contribution < 1.29 is 0 Å². The molecule has 13 heavy (non-hydrogen) atoms. The van der Waals surface area contributed by atoms with Gasteiger partial charge in [-0.15, -0.1) is 0 Å². The molecule has 1 fully saturated rings. The van der Waals surface area contributed by atoms with E-state index < -0.39 is 0 Å². The van der Waals surface area contributed by atoms with Crippen molar-refractivity contribution in [3.8, 4) is 0 Å². The van der Waals surface area contributed by atoms with E-state index in [0.29, 0.717) is 0 Å². The minimum atomic E-state index is 0.818. The minimum Gasteiger partial charge on any atom is -0.298 e. The summed E-state index contributed by atoms with van der Waals surface area (Å²) >= 11 is 0. The third kappa shape index (κ3) is 4.12. The molecule has 2 atom stereocenters. The van der Waals surface area contributed by atoms with E-state index in [0.717, 1.165) is 18.0 Å². The van der Waals surface area contributed by atoms with Crippen LogP contribution in [0.3, 0.4) is 0 Å². The van der Waals surface area contributed by atoms with Crippen molar-refractivity contribution >= 4 is 0 Å². The van der Waals surface area contributed by atoms with Crippen molar-refractivity contribution in [2.75, 3.05) is 6.54 Å². The topological polar surface area (TPSA) is 3.24 Å². The van der Waals surface area contributed by atoms with E-state index in [2.05, 4.69) is 32.6 Å². The summed E-state index contributed by atoms with van der Waals surface area (Å²) in [4.78, 5) is 2.64. The molecule has 1 aliphatic rings. The predicted octanol–water partition coefficient (Wildman–Crippen LogP) is 3.54. The Labute approximate surface area is 84.5 Å². The minimum absolute atomic E-state index is 0.818. The van der Waals surface area contributed by atoms with Gasteiger partial charge in [0.05, 0.1) is 0 Å². The van der Waals surface area contributed by atoms with Crippen molar-refractivity contribution in [3.05, 3.63) is 0 Å². The van der Waals surface area contributed by atoms with Crippen LogP contribution in [0.15, 0.2) is 0 Å². The first-order chi connectivity index (χ1) is 6.11. The fraction of sp³-hybridized carbons (Fsp3) is 1.00. The Bertz CT molecular complexity index is 110. The first kappa shape index (κ1) is 13.0. The van der Waals surface area contributed by atoms with Crippen molar-refractivity contribution in [1.82, 2.24) is 4.90 Å². The molecule has 0 bridgehead atoms. The third-order valence-corrected chi connectivity index (χ3v) is 2.71. The van der Waals surface area contributed by atoms with E-state index in [1.165, 1.54) is 19.4 Å². The molecule has 0 aliphatic carbocycles. The van der Waals surface area contributed by atoms with E-state index in [1.54, 1.807) is 0 Å². The highest BCUT2D eigenvalue weighted by atomic mass is 15.2. The molecule has 1 heteroatoms. The Morgan fingerprint density at radius 2 is 1.46 bits per heavy atom. The van der Waals surface area contributed by atoms with Crippen LogP contribution in [0.25, 0.3) is 0 Å². The molecule has 0 aromatic heterocycles. The average molecular weight is 185 g/mol. The van der Waals surface area contributed by atoms with Crippen molar-refractivity contribution in [1.29, 1.82) is 0 Å². The number of nitrogens with zero attached hydrogens (tertiary/aromatic N) is 1. The van der Waals surface area contributed by atoms with Gasteiger partial charge in [-0.25, -0.2) is 0 Å². The van der Waals surface area contributed by atoms with Gasteiger partial charge in [-0.2, -0.15) is 0 Å². The standard InChI is InChI=1S/C10H21N.C2H6/c1-8(2)7-11-9(3)5-6-10(11)4;1-2/h8-10H,5-7H2,1-4H3;1-2H3. The molecule has 0 saturated carbocycles. The predicted molar refractivity (Wildman–Crippen MR) is 61.1 cm³/mol. The monoisotopic (exact) mass is 185 g/mol. The molecule has 0 aromatic carbocycles. The molecule has 1 rings (SSSR count). The van der Waals surface area contributed by atoms with Gasteiger partial charge >= 0.3 is 0 Å². The molecular weight excluding hydrogens is 158 g/mol.